The molecule has 0 aromatic rings. The van der Waals surface area contributed by atoms with Crippen molar-refractivity contribution in [1.29, 1.82) is 0 Å². The summed E-state index contributed by atoms with van der Waals surface area (Å²) in [7, 11) is 0. The van der Waals surface area contributed by atoms with E-state index < -0.39 is 5.97 Å². The van der Waals surface area contributed by atoms with Crippen molar-refractivity contribution in [3.8, 4) is 0 Å². The van der Waals surface area contributed by atoms with E-state index in [-0.39, 0.29) is 5.41 Å². The molecule has 0 rings (SSSR count). The van der Waals surface area contributed by atoms with Crippen LogP contribution in [0.3, 0.4) is 0 Å². The van der Waals surface area contributed by atoms with E-state index in [1.165, 1.54) is 0 Å². The number of rotatable bonds is 4. The molecule has 1 N–H and O–H groups in total. The lowest BCUT2D eigenvalue weighted by atomic mass is 9.82. The molecule has 13 heavy (non-hydrogen) atoms. The fraction of sp³-hybridized carbons (Fsp3) is 0.727. The lowest BCUT2D eigenvalue weighted by Crippen LogP contribution is -2.13. The third-order valence-corrected chi connectivity index (χ3v) is 1.88. The highest BCUT2D eigenvalue weighted by Gasteiger charge is 2.18. The topological polar surface area (TPSA) is 37.3 Å². The molecule has 0 saturated heterocycles. The molecule has 0 aliphatic rings. The monoisotopic (exact) mass is 184 g/mol. The van der Waals surface area contributed by atoms with Crippen molar-refractivity contribution in [2.45, 2.75) is 41.0 Å². The SMILES string of the molecule is CC(=CC(C)(C)CC(C)C)C(=O)O. The van der Waals surface area contributed by atoms with Crippen molar-refractivity contribution < 1.29 is 9.90 Å². The van der Waals surface area contributed by atoms with Crippen molar-refractivity contribution in [2.24, 2.45) is 11.3 Å². The van der Waals surface area contributed by atoms with Gasteiger partial charge < -0.3 is 5.11 Å². The zero-order valence-corrected chi connectivity index (χ0v) is 9.22. The summed E-state index contributed by atoms with van der Waals surface area (Å²) in [6.45, 7) is 10.1. The number of carboxylic acid groups (broad SMARTS) is 1. The number of carboxylic acids is 1. The van der Waals surface area contributed by atoms with Gasteiger partial charge in [0.25, 0.3) is 0 Å². The van der Waals surface area contributed by atoms with Gasteiger partial charge in [-0.1, -0.05) is 33.8 Å². The van der Waals surface area contributed by atoms with Gasteiger partial charge in [0.05, 0.1) is 0 Å². The number of hydrogen-bond acceptors (Lipinski definition) is 1. The minimum Gasteiger partial charge on any atom is -0.478 e. The van der Waals surface area contributed by atoms with Gasteiger partial charge in [0.1, 0.15) is 0 Å². The Bertz CT molecular complexity index is 212. The third-order valence-electron chi connectivity index (χ3n) is 1.88. The number of carbonyl (C=O) groups is 1. The van der Waals surface area contributed by atoms with Gasteiger partial charge in [0.2, 0.25) is 0 Å². The predicted molar refractivity (Wildman–Crippen MR) is 54.6 cm³/mol. The minimum atomic E-state index is -0.822. The first-order valence-corrected chi connectivity index (χ1v) is 4.67. The Labute approximate surface area is 80.7 Å². The molecule has 0 aliphatic carbocycles. The van der Waals surface area contributed by atoms with Crippen LogP contribution in [0, 0.1) is 11.3 Å². The molecule has 0 bridgehead atoms. The molecule has 0 amide bonds. The molecule has 76 valence electrons. The molecule has 2 heteroatoms. The summed E-state index contributed by atoms with van der Waals surface area (Å²) in [6, 6.07) is 0. The Hall–Kier alpha value is -0.790. The minimum absolute atomic E-state index is 0.0172. The van der Waals surface area contributed by atoms with E-state index in [4.69, 9.17) is 5.11 Å². The fourth-order valence-electron chi connectivity index (χ4n) is 1.76. The summed E-state index contributed by atoms with van der Waals surface area (Å²) >= 11 is 0. The molecule has 0 atom stereocenters. The summed E-state index contributed by atoms with van der Waals surface area (Å²) in [6.07, 6.45) is 2.85. The molecule has 0 aliphatic heterocycles. The van der Waals surface area contributed by atoms with Crippen LogP contribution >= 0.6 is 0 Å². The van der Waals surface area contributed by atoms with E-state index in [2.05, 4.69) is 27.7 Å². The first kappa shape index (κ1) is 12.2. The smallest absolute Gasteiger partial charge is 0.330 e. The van der Waals surface area contributed by atoms with Gasteiger partial charge >= 0.3 is 5.97 Å². The zero-order valence-electron chi connectivity index (χ0n) is 9.22. The Kier molecular flexibility index (Phi) is 4.18. The van der Waals surface area contributed by atoms with Crippen LogP contribution in [0.4, 0.5) is 0 Å². The summed E-state index contributed by atoms with van der Waals surface area (Å²) in [5.74, 6) is -0.232. The first-order valence-electron chi connectivity index (χ1n) is 4.67. The fourth-order valence-corrected chi connectivity index (χ4v) is 1.76. The van der Waals surface area contributed by atoms with Gasteiger partial charge in [-0.05, 0) is 24.7 Å². The molecular weight excluding hydrogens is 164 g/mol. The second kappa shape index (κ2) is 4.45. The molecule has 0 aromatic carbocycles. The second-order valence-electron chi connectivity index (χ2n) is 4.72. The van der Waals surface area contributed by atoms with E-state index in [0.717, 1.165) is 6.42 Å². The largest absolute Gasteiger partial charge is 0.478 e. The van der Waals surface area contributed by atoms with Crippen LogP contribution in [0.25, 0.3) is 0 Å². The van der Waals surface area contributed by atoms with Crippen molar-refractivity contribution in [3.63, 3.8) is 0 Å². The summed E-state index contributed by atoms with van der Waals surface area (Å²) in [5, 5.41) is 8.71. The van der Waals surface area contributed by atoms with Crippen LogP contribution in [0.15, 0.2) is 11.6 Å². The standard InChI is InChI=1S/C11H20O2/c1-8(2)6-11(4,5)7-9(3)10(12)13/h7-8H,6H2,1-5H3,(H,12,13). The molecule has 0 fully saturated rings. The van der Waals surface area contributed by atoms with Crippen LogP contribution in [-0.2, 0) is 4.79 Å². The van der Waals surface area contributed by atoms with Crippen LogP contribution in [0.2, 0.25) is 0 Å². The summed E-state index contributed by atoms with van der Waals surface area (Å²) < 4.78 is 0. The molecule has 0 heterocycles. The lowest BCUT2D eigenvalue weighted by Gasteiger charge is -2.23. The zero-order chi connectivity index (χ0) is 10.6. The Morgan fingerprint density at radius 1 is 1.46 bits per heavy atom. The number of allylic oxidation sites excluding steroid dienone is 1. The van der Waals surface area contributed by atoms with Gasteiger partial charge in [-0.2, -0.15) is 0 Å². The third kappa shape index (κ3) is 5.45. The average molecular weight is 184 g/mol. The van der Waals surface area contributed by atoms with Crippen LogP contribution in [0.1, 0.15) is 41.0 Å². The molecule has 0 aromatic heterocycles. The Morgan fingerprint density at radius 2 is 1.92 bits per heavy atom. The first-order chi connectivity index (χ1) is 5.74. The van der Waals surface area contributed by atoms with Crippen molar-refractivity contribution in [2.75, 3.05) is 0 Å². The van der Waals surface area contributed by atoms with E-state index >= 15 is 0 Å². The maximum Gasteiger partial charge on any atom is 0.330 e. The molecular formula is C11H20O2. The normalized spacial score (nSPS) is 13.5. The number of aliphatic carboxylic acids is 1. The van der Waals surface area contributed by atoms with Crippen molar-refractivity contribution in [3.05, 3.63) is 11.6 Å². The molecule has 0 radical (unpaired) electrons. The van der Waals surface area contributed by atoms with Gasteiger partial charge in [0.15, 0.2) is 0 Å². The van der Waals surface area contributed by atoms with Crippen LogP contribution in [0.5, 0.6) is 0 Å². The van der Waals surface area contributed by atoms with Gasteiger partial charge in [0, 0.05) is 5.57 Å². The van der Waals surface area contributed by atoms with Crippen LogP contribution < -0.4 is 0 Å². The van der Waals surface area contributed by atoms with Crippen molar-refractivity contribution >= 4 is 5.97 Å². The van der Waals surface area contributed by atoms with E-state index in [1.807, 2.05) is 6.08 Å². The second-order valence-corrected chi connectivity index (χ2v) is 4.72. The van der Waals surface area contributed by atoms with Gasteiger partial charge in [-0.15, -0.1) is 0 Å². The highest BCUT2D eigenvalue weighted by atomic mass is 16.4. The van der Waals surface area contributed by atoms with E-state index in [0.29, 0.717) is 11.5 Å². The van der Waals surface area contributed by atoms with Crippen molar-refractivity contribution in [1.82, 2.24) is 0 Å². The van der Waals surface area contributed by atoms with Gasteiger partial charge in [-0.25, -0.2) is 4.79 Å². The Morgan fingerprint density at radius 3 is 2.23 bits per heavy atom. The number of hydrogen-bond donors (Lipinski definition) is 1. The maximum atomic E-state index is 10.6. The molecule has 0 saturated carbocycles. The highest BCUT2D eigenvalue weighted by molar-refractivity contribution is 5.85. The quantitative estimate of drug-likeness (QED) is 0.682. The molecule has 2 nitrogen and oxygen atoms in total. The molecule has 0 unspecified atom stereocenters. The van der Waals surface area contributed by atoms with Crippen LogP contribution in [-0.4, -0.2) is 11.1 Å². The average Bonchev–Trinajstić information content (AvgIpc) is 1.81. The molecule has 0 spiro atoms. The van der Waals surface area contributed by atoms with E-state index in [1.54, 1.807) is 6.92 Å². The highest BCUT2D eigenvalue weighted by Crippen LogP contribution is 2.27. The maximum absolute atomic E-state index is 10.6. The lowest BCUT2D eigenvalue weighted by molar-refractivity contribution is -0.132. The Balaban J connectivity index is 4.47. The summed E-state index contributed by atoms with van der Waals surface area (Å²) in [5.41, 5.74) is 0.419. The summed E-state index contributed by atoms with van der Waals surface area (Å²) in [4.78, 5) is 10.6. The van der Waals surface area contributed by atoms with E-state index in [9.17, 15) is 4.79 Å². The van der Waals surface area contributed by atoms with Gasteiger partial charge in [-0.3, -0.25) is 0 Å². The predicted octanol–water partition coefficient (Wildman–Crippen LogP) is 3.09.